The van der Waals surface area contributed by atoms with E-state index in [0.717, 1.165) is 5.56 Å². The third-order valence-corrected chi connectivity index (χ3v) is 5.31. The summed E-state index contributed by atoms with van der Waals surface area (Å²) < 4.78 is 16.0. The summed E-state index contributed by atoms with van der Waals surface area (Å²) in [6.07, 6.45) is 0.439. The van der Waals surface area contributed by atoms with E-state index in [0.29, 0.717) is 40.5 Å². The summed E-state index contributed by atoms with van der Waals surface area (Å²) in [5.74, 6) is 0.814. The number of methoxy groups -OCH3 is 3. The van der Waals surface area contributed by atoms with E-state index in [1.54, 1.807) is 18.2 Å². The van der Waals surface area contributed by atoms with Crippen molar-refractivity contribution in [3.8, 4) is 17.2 Å². The van der Waals surface area contributed by atoms with Crippen molar-refractivity contribution in [3.63, 3.8) is 0 Å². The molecule has 3 rings (SSSR count). The lowest BCUT2D eigenvalue weighted by molar-refractivity contribution is 0.0771. The van der Waals surface area contributed by atoms with Crippen molar-refractivity contribution >= 4 is 11.6 Å². The van der Waals surface area contributed by atoms with Crippen molar-refractivity contribution < 1.29 is 24.1 Å². The normalized spacial score (nSPS) is 12.5. The molecule has 1 atom stereocenters. The number of anilines is 1. The van der Waals surface area contributed by atoms with Crippen LogP contribution in [0, 0.1) is 0 Å². The van der Waals surface area contributed by atoms with E-state index >= 15 is 0 Å². The van der Waals surface area contributed by atoms with Gasteiger partial charge in [-0.25, -0.2) is 0 Å². The van der Waals surface area contributed by atoms with E-state index in [2.05, 4.69) is 5.32 Å². The van der Waals surface area contributed by atoms with Gasteiger partial charge in [0.1, 0.15) is 5.60 Å². The second-order valence-electron chi connectivity index (χ2n) is 6.99. The standard InChI is InChI=1S/C25H27NO5/c1-5-25(28,18-11-7-6-8-12-18)19-13-9-10-14-20(19)26-24(27)17-15-21(29-2)23(31-4)22(16-17)30-3/h6-16,28H,5H2,1-4H3,(H,26,27). The van der Waals surface area contributed by atoms with Gasteiger partial charge in [-0.1, -0.05) is 55.5 Å². The van der Waals surface area contributed by atoms with Gasteiger partial charge in [-0.15, -0.1) is 0 Å². The predicted octanol–water partition coefficient (Wildman–Crippen LogP) is 4.61. The first-order valence-corrected chi connectivity index (χ1v) is 9.97. The third kappa shape index (κ3) is 4.34. The zero-order valence-electron chi connectivity index (χ0n) is 18.1. The van der Waals surface area contributed by atoms with Crippen LogP contribution in [0.15, 0.2) is 66.7 Å². The lowest BCUT2D eigenvalue weighted by atomic mass is 9.83. The van der Waals surface area contributed by atoms with Crippen molar-refractivity contribution in [2.24, 2.45) is 0 Å². The average molecular weight is 421 g/mol. The molecule has 0 fully saturated rings. The van der Waals surface area contributed by atoms with Crippen LogP contribution in [0.5, 0.6) is 17.2 Å². The fraction of sp³-hybridized carbons (Fsp3) is 0.240. The van der Waals surface area contributed by atoms with Crippen LogP contribution in [0.3, 0.4) is 0 Å². The minimum atomic E-state index is -1.25. The first-order valence-electron chi connectivity index (χ1n) is 9.97. The Balaban J connectivity index is 2.01. The van der Waals surface area contributed by atoms with Gasteiger partial charge in [-0.05, 0) is 30.2 Å². The molecule has 31 heavy (non-hydrogen) atoms. The van der Waals surface area contributed by atoms with Crippen LogP contribution in [0.2, 0.25) is 0 Å². The van der Waals surface area contributed by atoms with E-state index in [-0.39, 0.29) is 5.91 Å². The highest BCUT2D eigenvalue weighted by Gasteiger charge is 2.32. The molecule has 0 aromatic heterocycles. The molecule has 0 saturated heterocycles. The molecule has 1 unspecified atom stereocenters. The van der Waals surface area contributed by atoms with Crippen molar-refractivity contribution in [3.05, 3.63) is 83.4 Å². The van der Waals surface area contributed by atoms with Gasteiger partial charge in [0, 0.05) is 16.8 Å². The lowest BCUT2D eigenvalue weighted by Gasteiger charge is -2.30. The smallest absolute Gasteiger partial charge is 0.255 e. The molecule has 162 valence electrons. The molecule has 0 saturated carbocycles. The Kier molecular flexibility index (Phi) is 6.82. The van der Waals surface area contributed by atoms with E-state index in [4.69, 9.17) is 14.2 Å². The zero-order valence-corrected chi connectivity index (χ0v) is 18.1. The summed E-state index contributed by atoms with van der Waals surface area (Å²) in [6.45, 7) is 1.91. The Morgan fingerprint density at radius 1 is 0.903 bits per heavy atom. The Hall–Kier alpha value is -3.51. The molecular weight excluding hydrogens is 394 g/mol. The fourth-order valence-corrected chi connectivity index (χ4v) is 3.62. The second-order valence-corrected chi connectivity index (χ2v) is 6.99. The number of hydrogen-bond donors (Lipinski definition) is 2. The van der Waals surface area contributed by atoms with E-state index < -0.39 is 5.60 Å². The number of carbonyl (C=O) groups is 1. The number of benzene rings is 3. The Morgan fingerprint density at radius 3 is 2.03 bits per heavy atom. The van der Waals surface area contributed by atoms with Crippen LogP contribution in [0.25, 0.3) is 0 Å². The summed E-state index contributed by atoms with van der Waals surface area (Å²) in [5.41, 5.74) is 0.982. The van der Waals surface area contributed by atoms with Crippen molar-refractivity contribution in [2.45, 2.75) is 18.9 Å². The minimum Gasteiger partial charge on any atom is -0.493 e. The number of nitrogens with one attached hydrogen (secondary N) is 1. The van der Waals surface area contributed by atoms with E-state index in [1.165, 1.54) is 21.3 Å². The van der Waals surface area contributed by atoms with Gasteiger partial charge in [0.05, 0.1) is 21.3 Å². The number of para-hydroxylation sites is 1. The van der Waals surface area contributed by atoms with E-state index in [9.17, 15) is 9.90 Å². The second kappa shape index (κ2) is 9.53. The first-order chi connectivity index (χ1) is 15.0. The molecule has 6 nitrogen and oxygen atoms in total. The van der Waals surface area contributed by atoms with Gasteiger partial charge < -0.3 is 24.6 Å². The van der Waals surface area contributed by atoms with Crippen LogP contribution < -0.4 is 19.5 Å². The Labute approximate surface area is 182 Å². The van der Waals surface area contributed by atoms with Crippen molar-refractivity contribution in [2.75, 3.05) is 26.6 Å². The number of rotatable bonds is 8. The van der Waals surface area contributed by atoms with Crippen LogP contribution in [-0.2, 0) is 5.60 Å². The van der Waals surface area contributed by atoms with Gasteiger partial charge in [0.2, 0.25) is 5.75 Å². The first kappa shape index (κ1) is 22.2. The quantitative estimate of drug-likeness (QED) is 0.555. The van der Waals surface area contributed by atoms with Crippen LogP contribution in [0.4, 0.5) is 5.69 Å². The van der Waals surface area contributed by atoms with Gasteiger partial charge in [0.25, 0.3) is 5.91 Å². The lowest BCUT2D eigenvalue weighted by Crippen LogP contribution is -2.28. The molecule has 2 N–H and O–H groups in total. The number of aliphatic hydroxyl groups is 1. The summed E-state index contributed by atoms with van der Waals surface area (Å²) in [4.78, 5) is 13.1. The molecule has 0 bridgehead atoms. The summed E-state index contributed by atoms with van der Waals surface area (Å²) >= 11 is 0. The summed E-state index contributed by atoms with van der Waals surface area (Å²) in [6, 6.07) is 19.8. The molecule has 3 aromatic rings. The maximum atomic E-state index is 13.1. The van der Waals surface area contributed by atoms with Crippen molar-refractivity contribution in [1.82, 2.24) is 0 Å². The van der Waals surface area contributed by atoms with Gasteiger partial charge in [0.15, 0.2) is 11.5 Å². The van der Waals surface area contributed by atoms with Crippen LogP contribution >= 0.6 is 0 Å². The SMILES string of the molecule is CCC(O)(c1ccccc1)c1ccccc1NC(=O)c1cc(OC)c(OC)c(OC)c1. The average Bonchev–Trinajstić information content (AvgIpc) is 2.83. The zero-order chi connectivity index (χ0) is 22.4. The fourth-order valence-electron chi connectivity index (χ4n) is 3.62. The molecule has 0 spiro atoms. The van der Waals surface area contributed by atoms with Crippen molar-refractivity contribution in [1.29, 1.82) is 0 Å². The minimum absolute atomic E-state index is 0.337. The molecule has 3 aromatic carbocycles. The topological polar surface area (TPSA) is 77.0 Å². The highest BCUT2D eigenvalue weighted by Crippen LogP contribution is 2.39. The predicted molar refractivity (Wildman–Crippen MR) is 120 cm³/mol. The largest absolute Gasteiger partial charge is 0.493 e. The number of hydrogen-bond acceptors (Lipinski definition) is 5. The Morgan fingerprint density at radius 2 is 1.48 bits per heavy atom. The number of amides is 1. The molecule has 0 aliphatic heterocycles. The number of carbonyl (C=O) groups excluding carboxylic acids is 1. The Bertz CT molecular complexity index is 1030. The molecule has 6 heteroatoms. The summed E-state index contributed by atoms with van der Waals surface area (Å²) in [7, 11) is 4.50. The highest BCUT2D eigenvalue weighted by atomic mass is 16.5. The molecule has 0 aliphatic rings. The van der Waals surface area contributed by atoms with Crippen LogP contribution in [-0.4, -0.2) is 32.3 Å². The molecular formula is C25H27NO5. The van der Waals surface area contributed by atoms with Gasteiger partial charge in [-0.3, -0.25) is 4.79 Å². The highest BCUT2D eigenvalue weighted by molar-refractivity contribution is 6.05. The van der Waals surface area contributed by atoms with Gasteiger partial charge in [-0.2, -0.15) is 0 Å². The maximum Gasteiger partial charge on any atom is 0.255 e. The summed E-state index contributed by atoms with van der Waals surface area (Å²) in [5, 5.41) is 14.5. The maximum absolute atomic E-state index is 13.1. The molecule has 0 aliphatic carbocycles. The number of ether oxygens (including phenoxy) is 3. The molecule has 0 heterocycles. The molecule has 1 amide bonds. The molecule has 0 radical (unpaired) electrons. The van der Waals surface area contributed by atoms with Gasteiger partial charge >= 0.3 is 0 Å². The monoisotopic (exact) mass is 421 g/mol. The van der Waals surface area contributed by atoms with Crippen LogP contribution in [0.1, 0.15) is 34.8 Å². The van der Waals surface area contributed by atoms with E-state index in [1.807, 2.05) is 55.5 Å². The third-order valence-electron chi connectivity index (χ3n) is 5.31.